The Morgan fingerprint density at radius 1 is 0.921 bits per heavy atom. The highest BCUT2D eigenvalue weighted by molar-refractivity contribution is 7.80. The molecule has 1 N–H and O–H groups in total. The van der Waals surface area contributed by atoms with Crippen LogP contribution in [0, 0.1) is 11.8 Å². The second-order valence-corrected chi connectivity index (χ2v) is 11.3. The molecule has 2 fully saturated rings. The second-order valence-electron chi connectivity index (χ2n) is 10.5. The predicted octanol–water partition coefficient (Wildman–Crippen LogP) is 6.58. The fourth-order valence-corrected chi connectivity index (χ4v) is 6.71. The zero-order chi connectivity index (χ0) is 26.2. The van der Waals surface area contributed by atoms with E-state index in [2.05, 4.69) is 75.0 Å². The molecule has 0 unspecified atom stereocenters. The number of piperidine rings is 1. The predicted molar refractivity (Wildman–Crippen MR) is 158 cm³/mol. The van der Waals surface area contributed by atoms with Crippen LogP contribution < -0.4 is 15.1 Å². The first kappa shape index (κ1) is 24.9. The van der Waals surface area contributed by atoms with Crippen LogP contribution in [0.1, 0.15) is 43.7 Å². The van der Waals surface area contributed by atoms with Gasteiger partial charge in [0.2, 0.25) is 0 Å². The van der Waals surface area contributed by atoms with Crippen LogP contribution in [0.15, 0.2) is 85.5 Å². The molecule has 0 spiro atoms. The standard InChI is InChI=1S/C30H31ClN6S/c1-20-16-21(2)19-35(18-20)26-9-8-23(17-24(26)31)37-29(28(34-30(37)38)25-6-3-4-12-33-25)27-7-5-15-36(27)22-10-13-32-14-11-22/h3-15,17,20-21,28-29H,16,18-19H2,1-2H3,(H,34,38)/t20-,21-,28+,29+/m1/s1. The third kappa shape index (κ3) is 4.65. The molecule has 1 aromatic carbocycles. The number of anilines is 2. The number of pyridine rings is 2. The molecule has 4 aromatic rings. The van der Waals surface area contributed by atoms with Gasteiger partial charge in [-0.2, -0.15) is 0 Å². The van der Waals surface area contributed by atoms with Gasteiger partial charge in [0.25, 0.3) is 0 Å². The summed E-state index contributed by atoms with van der Waals surface area (Å²) in [5.41, 5.74) is 5.12. The number of aromatic nitrogens is 3. The molecule has 0 aliphatic carbocycles. The maximum absolute atomic E-state index is 6.98. The summed E-state index contributed by atoms with van der Waals surface area (Å²) in [6.07, 6.45) is 8.78. The molecule has 2 aliphatic rings. The smallest absolute Gasteiger partial charge is 0.174 e. The number of hydrogen-bond donors (Lipinski definition) is 1. The Labute approximate surface area is 234 Å². The molecular formula is C30H31ClN6S. The van der Waals surface area contributed by atoms with E-state index in [0.717, 1.165) is 46.6 Å². The van der Waals surface area contributed by atoms with Crippen molar-refractivity contribution in [3.63, 3.8) is 0 Å². The van der Waals surface area contributed by atoms with Crippen LogP contribution in [0.4, 0.5) is 11.4 Å². The molecule has 8 heteroatoms. The van der Waals surface area contributed by atoms with Crippen molar-refractivity contribution in [3.8, 4) is 5.69 Å². The SMILES string of the molecule is C[C@@H]1C[C@@H](C)CN(c2ccc(N3C(=S)N[C@@H](c4ccccn4)[C@@H]3c3cccn3-c3ccncc3)cc2Cl)C1. The molecule has 2 saturated heterocycles. The van der Waals surface area contributed by atoms with E-state index in [1.807, 2.05) is 48.9 Å². The Morgan fingerprint density at radius 2 is 1.71 bits per heavy atom. The topological polar surface area (TPSA) is 49.2 Å². The van der Waals surface area contributed by atoms with Gasteiger partial charge < -0.3 is 19.7 Å². The third-order valence-electron chi connectivity index (χ3n) is 7.54. The van der Waals surface area contributed by atoms with E-state index < -0.39 is 0 Å². The summed E-state index contributed by atoms with van der Waals surface area (Å²) in [6.45, 7) is 6.69. The number of hydrogen-bond acceptors (Lipinski definition) is 4. The molecule has 38 heavy (non-hydrogen) atoms. The van der Waals surface area contributed by atoms with Crippen LogP contribution in [0.2, 0.25) is 5.02 Å². The second kappa shape index (κ2) is 10.4. The Morgan fingerprint density at radius 3 is 2.42 bits per heavy atom. The molecule has 6 nitrogen and oxygen atoms in total. The lowest BCUT2D eigenvalue weighted by atomic mass is 9.91. The van der Waals surface area contributed by atoms with Crippen LogP contribution in [0.3, 0.4) is 0 Å². The van der Waals surface area contributed by atoms with Gasteiger partial charge in [-0.15, -0.1) is 0 Å². The monoisotopic (exact) mass is 542 g/mol. The fourth-order valence-electron chi connectivity index (χ4n) is 6.07. The Hall–Kier alpha value is -3.42. The molecule has 194 valence electrons. The van der Waals surface area contributed by atoms with E-state index in [0.29, 0.717) is 16.9 Å². The quantitative estimate of drug-likeness (QED) is 0.287. The van der Waals surface area contributed by atoms with E-state index in [1.54, 1.807) is 0 Å². The lowest BCUT2D eigenvalue weighted by Gasteiger charge is -2.37. The summed E-state index contributed by atoms with van der Waals surface area (Å²) in [5, 5.41) is 4.96. The molecule has 5 heterocycles. The largest absolute Gasteiger partial charge is 0.370 e. The highest BCUT2D eigenvalue weighted by Gasteiger charge is 2.42. The van der Waals surface area contributed by atoms with E-state index in [-0.39, 0.29) is 12.1 Å². The van der Waals surface area contributed by atoms with Gasteiger partial charge >= 0.3 is 0 Å². The van der Waals surface area contributed by atoms with Crippen molar-refractivity contribution in [2.24, 2.45) is 11.8 Å². The average Bonchev–Trinajstić information content (AvgIpc) is 3.53. The van der Waals surface area contributed by atoms with Crippen LogP contribution in [-0.4, -0.2) is 32.7 Å². The number of benzene rings is 1. The van der Waals surface area contributed by atoms with Crippen LogP contribution >= 0.6 is 23.8 Å². The summed E-state index contributed by atoms with van der Waals surface area (Å²) >= 11 is 12.9. The van der Waals surface area contributed by atoms with Crippen molar-refractivity contribution in [2.75, 3.05) is 22.9 Å². The molecule has 0 bridgehead atoms. The van der Waals surface area contributed by atoms with Crippen molar-refractivity contribution in [2.45, 2.75) is 32.4 Å². The minimum absolute atomic E-state index is 0.138. The molecule has 0 amide bonds. The molecule has 2 aliphatic heterocycles. The Balaban J connectivity index is 1.42. The first-order valence-corrected chi connectivity index (χ1v) is 13.9. The number of nitrogens with one attached hydrogen (secondary N) is 1. The molecule has 4 atom stereocenters. The highest BCUT2D eigenvalue weighted by Crippen LogP contribution is 2.44. The summed E-state index contributed by atoms with van der Waals surface area (Å²) < 4.78 is 2.19. The number of rotatable bonds is 5. The van der Waals surface area contributed by atoms with E-state index in [9.17, 15) is 0 Å². The molecule has 3 aromatic heterocycles. The van der Waals surface area contributed by atoms with Crippen molar-refractivity contribution in [3.05, 3.63) is 102 Å². The van der Waals surface area contributed by atoms with Gasteiger partial charge in [0, 0.05) is 54.9 Å². The van der Waals surface area contributed by atoms with Crippen molar-refractivity contribution >= 4 is 40.3 Å². The summed E-state index contributed by atoms with van der Waals surface area (Å²) in [6, 6.07) is 20.3. The van der Waals surface area contributed by atoms with Gasteiger partial charge in [-0.05, 0) is 85.1 Å². The van der Waals surface area contributed by atoms with Crippen molar-refractivity contribution in [1.82, 2.24) is 19.9 Å². The summed E-state index contributed by atoms with van der Waals surface area (Å²) in [4.78, 5) is 13.5. The van der Waals surface area contributed by atoms with Crippen molar-refractivity contribution in [1.29, 1.82) is 0 Å². The van der Waals surface area contributed by atoms with E-state index >= 15 is 0 Å². The Bertz CT molecular complexity index is 1420. The van der Waals surface area contributed by atoms with Crippen LogP contribution in [0.5, 0.6) is 0 Å². The van der Waals surface area contributed by atoms with E-state index in [4.69, 9.17) is 28.8 Å². The maximum Gasteiger partial charge on any atom is 0.174 e. The van der Waals surface area contributed by atoms with Gasteiger partial charge in [-0.25, -0.2) is 0 Å². The number of thiocarbonyl (C=S) groups is 1. The number of halogens is 1. The van der Waals surface area contributed by atoms with E-state index in [1.165, 1.54) is 6.42 Å². The highest BCUT2D eigenvalue weighted by atomic mass is 35.5. The Kier molecular flexibility index (Phi) is 6.80. The van der Waals surface area contributed by atoms with Crippen LogP contribution in [-0.2, 0) is 0 Å². The van der Waals surface area contributed by atoms with Gasteiger partial charge in [0.15, 0.2) is 5.11 Å². The third-order valence-corrected chi connectivity index (χ3v) is 8.16. The molecule has 0 radical (unpaired) electrons. The van der Waals surface area contributed by atoms with Gasteiger partial charge in [0.1, 0.15) is 6.04 Å². The zero-order valence-electron chi connectivity index (χ0n) is 21.5. The minimum atomic E-state index is -0.141. The summed E-state index contributed by atoms with van der Waals surface area (Å²) in [7, 11) is 0. The molecular weight excluding hydrogens is 512 g/mol. The minimum Gasteiger partial charge on any atom is -0.370 e. The normalized spacial score (nSPS) is 23.5. The number of nitrogens with zero attached hydrogens (tertiary/aromatic N) is 5. The van der Waals surface area contributed by atoms with Gasteiger partial charge in [-0.1, -0.05) is 31.5 Å². The zero-order valence-corrected chi connectivity index (χ0v) is 23.1. The molecule has 6 rings (SSSR count). The van der Waals surface area contributed by atoms with Crippen LogP contribution in [0.25, 0.3) is 5.69 Å². The lowest BCUT2D eigenvalue weighted by molar-refractivity contribution is 0.357. The first-order chi connectivity index (χ1) is 18.5. The maximum atomic E-state index is 6.98. The fraction of sp³-hybridized carbons (Fsp3) is 0.300. The first-order valence-electron chi connectivity index (χ1n) is 13.1. The van der Waals surface area contributed by atoms with Gasteiger partial charge in [0.05, 0.1) is 22.4 Å². The average molecular weight is 543 g/mol. The summed E-state index contributed by atoms with van der Waals surface area (Å²) in [5.74, 6) is 1.30. The van der Waals surface area contributed by atoms with Crippen molar-refractivity contribution < 1.29 is 0 Å². The molecule has 0 saturated carbocycles. The lowest BCUT2D eigenvalue weighted by Crippen LogP contribution is -2.38. The van der Waals surface area contributed by atoms with Gasteiger partial charge in [-0.3, -0.25) is 9.97 Å².